The Kier molecular flexibility index (Phi) is 30.1. The first-order chi connectivity index (χ1) is 51.1. The maximum absolute atomic E-state index is 12.5. The fourth-order valence-electron chi connectivity index (χ4n) is 14.1. The van der Waals surface area contributed by atoms with Crippen molar-refractivity contribution in [3.63, 3.8) is 0 Å². The van der Waals surface area contributed by atoms with E-state index < -0.39 is 31.7 Å². The lowest BCUT2D eigenvalue weighted by atomic mass is 9.81. The smallest absolute Gasteiger partial charge is 0.270 e. The SMILES string of the molecule is CCCOc1c2cc(N)cc1Cc1cc(N)cc(c1OCCC)Cc1cc(N)cc(c1OCCC)CC1C=C(N)C=C(C2)C1OCCC.CCCOc1c2cc([N+](=O)[O-])cc1Cc1cc([N+](=O)[O-])cc(c1OCCC)Cc1cc([N+](=O)[O-])cc(c1OCCC)CC1C=C([N+](=O)[O-])C=C(C2)C1OCCC.CN. The number of nitrogens with zero attached hydrogens (tertiary/aromatic N) is 4. The Morgan fingerprint density at radius 1 is 0.330 bits per heavy atom. The number of ether oxygens (including phenoxy) is 8. The van der Waals surface area contributed by atoms with Crippen molar-refractivity contribution in [2.75, 3.05) is 77.1 Å². The van der Waals surface area contributed by atoms with E-state index in [4.69, 9.17) is 60.8 Å². The van der Waals surface area contributed by atoms with Gasteiger partial charge in [0.1, 0.15) is 34.5 Å². The molecule has 6 aromatic carbocycles. The fraction of sp³-hybridized carbons (Fsp3) is 0.457. The van der Waals surface area contributed by atoms with Crippen LogP contribution in [0.3, 0.4) is 0 Å². The maximum Gasteiger partial charge on any atom is 0.270 e. The normalized spacial score (nSPS) is 16.5. The lowest BCUT2D eigenvalue weighted by molar-refractivity contribution is -0.420. The van der Waals surface area contributed by atoms with Crippen LogP contribution in [0.5, 0.6) is 34.5 Å². The van der Waals surface area contributed by atoms with Gasteiger partial charge in [-0.2, -0.15) is 0 Å². The number of benzene rings is 6. The van der Waals surface area contributed by atoms with E-state index in [1.165, 1.54) is 55.6 Å². The first-order valence-corrected chi connectivity index (χ1v) is 37.1. The van der Waals surface area contributed by atoms with E-state index in [-0.39, 0.29) is 86.9 Å². The van der Waals surface area contributed by atoms with E-state index in [0.717, 1.165) is 87.6 Å². The molecule has 0 radical (unpaired) electrons. The van der Waals surface area contributed by atoms with Crippen LogP contribution in [-0.2, 0) is 60.8 Å². The number of fused-ring (bicyclic) bond motifs is 16. The zero-order valence-electron chi connectivity index (χ0n) is 62.7. The molecule has 16 bridgehead atoms. The van der Waals surface area contributed by atoms with Crippen LogP contribution in [0.25, 0.3) is 0 Å². The molecule has 10 N–H and O–H groups in total. The van der Waals surface area contributed by atoms with Crippen molar-refractivity contribution in [2.45, 2.75) is 170 Å². The molecule has 4 aliphatic carbocycles. The molecule has 0 fully saturated rings. The molecule has 0 aromatic heterocycles. The first kappa shape index (κ1) is 81.4. The van der Waals surface area contributed by atoms with Crippen LogP contribution in [0, 0.1) is 52.3 Å². The van der Waals surface area contributed by atoms with Crippen LogP contribution in [0.2, 0.25) is 0 Å². The molecule has 0 heterocycles. The number of hydrogen-bond donors (Lipinski definition) is 5. The predicted molar refractivity (Wildman–Crippen MR) is 413 cm³/mol. The Morgan fingerprint density at radius 3 is 0.877 bits per heavy atom. The lowest BCUT2D eigenvalue weighted by Crippen LogP contribution is -2.32. The monoisotopic (exact) mass is 1460 g/mol. The Balaban J connectivity index is 0.000000264. The van der Waals surface area contributed by atoms with Crippen molar-refractivity contribution in [3.8, 4) is 34.5 Å². The molecule has 4 atom stereocenters. The van der Waals surface area contributed by atoms with Gasteiger partial charge in [0.15, 0.2) is 0 Å². The second-order valence-corrected chi connectivity index (χ2v) is 27.0. The van der Waals surface area contributed by atoms with Crippen molar-refractivity contribution < 1.29 is 57.6 Å². The molecule has 25 heteroatoms. The highest BCUT2D eigenvalue weighted by Gasteiger charge is 2.37. The number of nitrogens with two attached hydrogens (primary N) is 5. The summed E-state index contributed by atoms with van der Waals surface area (Å²) in [6, 6.07) is 20.4. The van der Waals surface area contributed by atoms with Crippen LogP contribution in [0.15, 0.2) is 120 Å². The molecule has 106 heavy (non-hydrogen) atoms. The quantitative estimate of drug-likeness (QED) is 0.0173. The Bertz CT molecular complexity index is 4240. The molecule has 4 aliphatic rings. The van der Waals surface area contributed by atoms with E-state index in [1.54, 1.807) is 0 Å². The summed E-state index contributed by atoms with van der Waals surface area (Å²) < 4.78 is 51.7. The van der Waals surface area contributed by atoms with Gasteiger partial charge < -0.3 is 66.6 Å². The fourth-order valence-corrected chi connectivity index (χ4v) is 14.1. The van der Waals surface area contributed by atoms with Gasteiger partial charge in [-0.15, -0.1) is 0 Å². The summed E-state index contributed by atoms with van der Waals surface area (Å²) >= 11 is 0. The van der Waals surface area contributed by atoms with Gasteiger partial charge in [0.25, 0.3) is 22.8 Å². The molecule has 0 saturated heterocycles. The summed E-state index contributed by atoms with van der Waals surface area (Å²) in [5, 5.41) is 49.8. The van der Waals surface area contributed by atoms with Crippen LogP contribution in [-0.4, -0.2) is 91.8 Å². The maximum atomic E-state index is 12.5. The van der Waals surface area contributed by atoms with Gasteiger partial charge in [0, 0.05) is 190 Å². The number of anilines is 3. The molecule has 0 aliphatic heterocycles. The van der Waals surface area contributed by atoms with Gasteiger partial charge in [0.2, 0.25) is 0 Å². The first-order valence-electron chi connectivity index (χ1n) is 37.1. The van der Waals surface area contributed by atoms with Crippen molar-refractivity contribution >= 4 is 34.1 Å². The molecular weight excluding hydrogens is 1350 g/mol. The minimum Gasteiger partial charge on any atom is -0.493 e. The third-order valence-corrected chi connectivity index (χ3v) is 18.2. The number of allylic oxidation sites excluding steroid dienone is 2. The molecule has 0 saturated carbocycles. The summed E-state index contributed by atoms with van der Waals surface area (Å²) in [6.45, 7) is 19.5. The molecule has 25 nitrogen and oxygen atoms in total. The average Bonchev–Trinajstić information content (AvgIpc) is 0.775. The average molecular weight is 1460 g/mol. The summed E-state index contributed by atoms with van der Waals surface area (Å²) in [5.74, 6) is 2.73. The van der Waals surface area contributed by atoms with E-state index >= 15 is 0 Å². The van der Waals surface area contributed by atoms with E-state index in [2.05, 4.69) is 45.6 Å². The van der Waals surface area contributed by atoms with Crippen LogP contribution >= 0.6 is 0 Å². The Labute approximate surface area is 621 Å². The zero-order valence-corrected chi connectivity index (χ0v) is 62.7. The molecule has 10 rings (SSSR count). The topological polar surface area (TPSA) is 376 Å². The van der Waals surface area contributed by atoms with Crippen LogP contribution < -0.4 is 57.1 Å². The summed E-state index contributed by atoms with van der Waals surface area (Å²) in [7, 11) is 1.50. The van der Waals surface area contributed by atoms with Gasteiger partial charge in [-0.05, 0) is 137 Å². The van der Waals surface area contributed by atoms with E-state index in [0.29, 0.717) is 151 Å². The van der Waals surface area contributed by atoms with E-state index in [1.807, 2.05) is 64.1 Å². The summed E-state index contributed by atoms with van der Waals surface area (Å²) in [4.78, 5) is 47.7. The summed E-state index contributed by atoms with van der Waals surface area (Å²) in [6.07, 6.45) is 14.2. The number of nitrogen functional groups attached to an aromatic ring is 3. The third-order valence-electron chi connectivity index (χ3n) is 18.2. The van der Waals surface area contributed by atoms with Crippen molar-refractivity contribution in [1.29, 1.82) is 0 Å². The molecule has 570 valence electrons. The molecule has 0 amide bonds. The van der Waals surface area contributed by atoms with E-state index in [9.17, 15) is 40.5 Å². The second-order valence-electron chi connectivity index (χ2n) is 27.0. The van der Waals surface area contributed by atoms with Crippen LogP contribution in [0.1, 0.15) is 174 Å². The zero-order chi connectivity index (χ0) is 76.7. The minimum absolute atomic E-state index is 0.0234. The minimum atomic E-state index is -0.764. The highest BCUT2D eigenvalue weighted by atomic mass is 16.6. The van der Waals surface area contributed by atoms with Gasteiger partial charge in [-0.1, -0.05) is 61.5 Å². The Hall–Kier alpha value is -10.2. The molecule has 0 spiro atoms. The van der Waals surface area contributed by atoms with Gasteiger partial charge in [-0.3, -0.25) is 40.5 Å². The van der Waals surface area contributed by atoms with Crippen molar-refractivity contribution in [1.82, 2.24) is 0 Å². The molecular formula is C81H105N9O16. The number of nitro groups is 4. The predicted octanol–water partition coefficient (Wildman–Crippen LogP) is 15.4. The van der Waals surface area contributed by atoms with Crippen molar-refractivity contribution in [3.05, 3.63) is 227 Å². The standard InChI is InChI=1S/C40H46N4O12.C40H54N4O4.CH5N/c1-5-9-53-37-25-13-27-19-34(42(47)48)21-29(38(27)54-10-6-2)15-31-23-36(44(51)52)24-32(40(31)56-12-8-4)16-30-22-35(43(49)50)20-28(39(30)55-11-7-3)14-26(37)18-33(17-25)41(45)46;1-5-9-45-37-25-13-27-19-34(42)21-29(38(27)46-10-6-2)15-31-23-36(44)24-32(40(31)48-12-8-4)16-30-22-35(43)20-28(39(30)47-11-7-3)14-26(37)18-33(41)17-25;1-2/h17-25,37H,5-16H2,1-4H3;17-25,37H,5-16,41-44H2,1-4H3;2H2,1H3. The highest BCUT2D eigenvalue weighted by Crippen LogP contribution is 2.46. The lowest BCUT2D eigenvalue weighted by Gasteiger charge is -2.32. The third kappa shape index (κ3) is 20.6. The number of hydrogen-bond acceptors (Lipinski definition) is 21. The van der Waals surface area contributed by atoms with Gasteiger partial charge in [-0.25, -0.2) is 0 Å². The highest BCUT2D eigenvalue weighted by molar-refractivity contribution is 5.64. The Morgan fingerprint density at radius 2 is 0.575 bits per heavy atom. The van der Waals surface area contributed by atoms with Crippen LogP contribution in [0.4, 0.5) is 34.1 Å². The number of non-ortho nitro benzene ring substituents is 3. The molecule has 4 unspecified atom stereocenters. The largest absolute Gasteiger partial charge is 0.493 e. The number of rotatable bonds is 28. The van der Waals surface area contributed by atoms with Gasteiger partial charge in [0.05, 0.1) is 71.5 Å². The summed E-state index contributed by atoms with van der Waals surface area (Å²) in [5.41, 5.74) is 42.6. The van der Waals surface area contributed by atoms with Gasteiger partial charge >= 0.3 is 0 Å². The number of nitro benzene ring substituents is 3. The van der Waals surface area contributed by atoms with Crippen molar-refractivity contribution in [2.24, 2.45) is 23.3 Å². The second kappa shape index (κ2) is 39.2. The molecule has 6 aromatic rings.